The summed E-state index contributed by atoms with van der Waals surface area (Å²) >= 11 is 0. The van der Waals surface area contributed by atoms with Crippen molar-refractivity contribution in [3.63, 3.8) is 0 Å². The molecule has 88 valence electrons. The van der Waals surface area contributed by atoms with Crippen molar-refractivity contribution in [1.29, 1.82) is 0 Å². The van der Waals surface area contributed by atoms with Crippen molar-refractivity contribution >= 4 is 0 Å². The zero-order chi connectivity index (χ0) is 11.4. The van der Waals surface area contributed by atoms with Gasteiger partial charge in [-0.05, 0) is 5.56 Å². The van der Waals surface area contributed by atoms with E-state index in [1.807, 2.05) is 25.1 Å². The number of hydrogen-bond donors (Lipinski definition) is 1. The van der Waals surface area contributed by atoms with E-state index < -0.39 is 0 Å². The van der Waals surface area contributed by atoms with E-state index in [9.17, 15) is 0 Å². The molecule has 2 aromatic rings. The molecule has 2 heteroatoms. The predicted octanol–water partition coefficient (Wildman–Crippen LogP) is 3.30. The molecular weight excluding hydrogens is 290 g/mol. The normalized spacial score (nSPS) is 11.4. The molecule has 2 N–H and O–H groups in total. The molecule has 0 aliphatic rings. The zero-order valence-electron chi connectivity index (χ0n) is 9.84. The van der Waals surface area contributed by atoms with Gasteiger partial charge >= 0.3 is 0 Å². The zero-order valence-corrected chi connectivity index (χ0v) is 11.8. The molecule has 0 bridgehead atoms. The van der Waals surface area contributed by atoms with Crippen LogP contribution in [0.25, 0.3) is 0 Å². The van der Waals surface area contributed by atoms with E-state index in [2.05, 4.69) is 42.8 Å². The third-order valence-electron chi connectivity index (χ3n) is 2.79. The summed E-state index contributed by atoms with van der Waals surface area (Å²) in [5, 5.41) is 0. The maximum absolute atomic E-state index is 6.20. The van der Waals surface area contributed by atoms with Crippen LogP contribution in [0.3, 0.4) is 0 Å². The third-order valence-corrected chi connectivity index (χ3v) is 2.79. The van der Waals surface area contributed by atoms with Crippen LogP contribution in [0.15, 0.2) is 54.6 Å². The first kappa shape index (κ1) is 14.0. The summed E-state index contributed by atoms with van der Waals surface area (Å²) < 4.78 is 0. The molecule has 17 heavy (non-hydrogen) atoms. The van der Waals surface area contributed by atoms with Crippen LogP contribution in [0.4, 0.5) is 0 Å². The van der Waals surface area contributed by atoms with Gasteiger partial charge in [0.2, 0.25) is 0 Å². The number of benzene rings is 2. The Morgan fingerprint density at radius 2 is 1.41 bits per heavy atom. The van der Waals surface area contributed by atoms with Crippen molar-refractivity contribution in [3.05, 3.63) is 77.7 Å². The van der Waals surface area contributed by atoms with E-state index in [0.29, 0.717) is 0 Å². The summed E-state index contributed by atoms with van der Waals surface area (Å²) in [6.07, 6.45) is 2.08. The van der Waals surface area contributed by atoms with Crippen molar-refractivity contribution in [3.8, 4) is 0 Å². The Hall–Kier alpha value is -1.04. The molecule has 0 aromatic heterocycles. The van der Waals surface area contributed by atoms with Crippen molar-refractivity contribution in [1.82, 2.24) is 0 Å². The van der Waals surface area contributed by atoms with Crippen LogP contribution in [0.1, 0.15) is 29.7 Å². The Kier molecular flexibility index (Phi) is 5.47. The number of nitrogens with two attached hydrogens (primary N) is 1. The van der Waals surface area contributed by atoms with Crippen LogP contribution in [-0.4, -0.2) is 0 Å². The molecule has 0 saturated heterocycles. The summed E-state index contributed by atoms with van der Waals surface area (Å²) in [6.45, 7) is 2.03. The maximum atomic E-state index is 6.20. The fourth-order valence-electron chi connectivity index (χ4n) is 1.75. The SMILES string of the molecule is C[CH-]c1ccc([C@@H](N)c2ccccc2)cc1.[Mo]. The molecule has 0 spiro atoms. The van der Waals surface area contributed by atoms with E-state index in [4.69, 9.17) is 5.73 Å². The van der Waals surface area contributed by atoms with E-state index in [-0.39, 0.29) is 27.1 Å². The molecular formula is C15H16MoN-. The van der Waals surface area contributed by atoms with Crippen molar-refractivity contribution in [2.24, 2.45) is 5.73 Å². The molecule has 0 heterocycles. The van der Waals surface area contributed by atoms with Gasteiger partial charge < -0.3 is 5.73 Å². The minimum absolute atomic E-state index is 0. The molecule has 2 aromatic carbocycles. The maximum Gasteiger partial charge on any atom is 0.0531 e. The van der Waals surface area contributed by atoms with Gasteiger partial charge in [-0.25, -0.2) is 0 Å². The summed E-state index contributed by atoms with van der Waals surface area (Å²) in [7, 11) is 0. The second-order valence-corrected chi connectivity index (χ2v) is 3.84. The van der Waals surface area contributed by atoms with Gasteiger partial charge in [0, 0.05) is 21.1 Å². The van der Waals surface area contributed by atoms with Crippen LogP contribution >= 0.6 is 0 Å². The molecule has 0 radical (unpaired) electrons. The summed E-state index contributed by atoms with van der Waals surface area (Å²) in [5.74, 6) is 0. The number of hydrogen-bond acceptors (Lipinski definition) is 1. The minimum Gasteiger partial charge on any atom is -0.320 e. The minimum atomic E-state index is -0.0351. The Bertz CT molecular complexity index is 436. The largest absolute Gasteiger partial charge is 0.320 e. The Morgan fingerprint density at radius 1 is 0.882 bits per heavy atom. The van der Waals surface area contributed by atoms with Crippen molar-refractivity contribution in [2.75, 3.05) is 0 Å². The van der Waals surface area contributed by atoms with Crippen LogP contribution in [0.2, 0.25) is 0 Å². The average molecular weight is 306 g/mol. The van der Waals surface area contributed by atoms with Crippen molar-refractivity contribution in [2.45, 2.75) is 13.0 Å². The number of rotatable bonds is 3. The molecule has 0 aliphatic heterocycles. The van der Waals surface area contributed by atoms with Crippen LogP contribution in [0.5, 0.6) is 0 Å². The summed E-state index contributed by atoms with van der Waals surface area (Å²) in [6, 6.07) is 18.5. The van der Waals surface area contributed by atoms with E-state index in [0.717, 1.165) is 11.1 Å². The molecule has 1 nitrogen and oxygen atoms in total. The summed E-state index contributed by atoms with van der Waals surface area (Å²) in [5.41, 5.74) is 9.72. The first-order valence-corrected chi connectivity index (χ1v) is 5.51. The first-order valence-electron chi connectivity index (χ1n) is 5.51. The molecule has 0 amide bonds. The van der Waals surface area contributed by atoms with Gasteiger partial charge in [-0.15, -0.1) is 12.1 Å². The van der Waals surface area contributed by atoms with Gasteiger partial charge in [-0.2, -0.15) is 24.1 Å². The standard InChI is InChI=1S/C15H16N.Mo/c1-2-12-8-10-14(11-9-12)15(16)13-6-4-3-5-7-13;/h2-11,15H,16H2,1H3;/q-1;/t15-;/m0./s1. The second-order valence-electron chi connectivity index (χ2n) is 3.84. The second kappa shape index (κ2) is 6.63. The Balaban J connectivity index is 0.00000144. The van der Waals surface area contributed by atoms with E-state index in [1.165, 1.54) is 5.56 Å². The van der Waals surface area contributed by atoms with Crippen LogP contribution in [0, 0.1) is 6.42 Å². The topological polar surface area (TPSA) is 26.0 Å². The van der Waals surface area contributed by atoms with Crippen LogP contribution in [-0.2, 0) is 21.1 Å². The van der Waals surface area contributed by atoms with Gasteiger partial charge in [-0.1, -0.05) is 42.8 Å². The monoisotopic (exact) mass is 308 g/mol. The molecule has 1 atom stereocenters. The van der Waals surface area contributed by atoms with Gasteiger partial charge in [0.15, 0.2) is 0 Å². The van der Waals surface area contributed by atoms with E-state index >= 15 is 0 Å². The van der Waals surface area contributed by atoms with Gasteiger partial charge in [0.1, 0.15) is 0 Å². The van der Waals surface area contributed by atoms with E-state index in [1.54, 1.807) is 0 Å². The van der Waals surface area contributed by atoms with Gasteiger partial charge in [-0.3, -0.25) is 0 Å². The molecule has 2 rings (SSSR count). The Morgan fingerprint density at radius 3 is 1.94 bits per heavy atom. The quantitative estimate of drug-likeness (QED) is 0.683. The fraction of sp³-hybridized carbons (Fsp3) is 0.133. The first-order chi connectivity index (χ1) is 7.81. The molecule has 0 unspecified atom stereocenters. The van der Waals surface area contributed by atoms with Crippen LogP contribution < -0.4 is 5.73 Å². The molecule has 0 fully saturated rings. The van der Waals surface area contributed by atoms with Crippen molar-refractivity contribution < 1.29 is 21.1 Å². The summed E-state index contributed by atoms with van der Waals surface area (Å²) in [4.78, 5) is 0. The van der Waals surface area contributed by atoms with Gasteiger partial charge in [0.05, 0.1) is 6.04 Å². The Labute approximate surface area is 117 Å². The fourth-order valence-corrected chi connectivity index (χ4v) is 1.75. The predicted molar refractivity (Wildman–Crippen MR) is 68.0 cm³/mol. The average Bonchev–Trinajstić information content (AvgIpc) is 2.39. The molecule has 0 aliphatic carbocycles. The smallest absolute Gasteiger partial charge is 0.0531 e. The van der Waals surface area contributed by atoms with Gasteiger partial charge in [0.25, 0.3) is 0 Å². The molecule has 0 saturated carbocycles. The third kappa shape index (κ3) is 3.46.